The smallest absolute Gasteiger partial charge is 0.338 e. The number of carbonyl (C=O) groups excluding carboxylic acids is 1. The summed E-state index contributed by atoms with van der Waals surface area (Å²) in [6, 6.07) is 5.66. The summed E-state index contributed by atoms with van der Waals surface area (Å²) in [6.07, 6.45) is 3.91. The van der Waals surface area contributed by atoms with Crippen LogP contribution in [0.25, 0.3) is 16.9 Å². The fraction of sp³-hybridized carbons (Fsp3) is 0.417. The molecule has 3 aromatic rings. The number of fused-ring (bicyclic) bond motifs is 1. The minimum Gasteiger partial charge on any atom is -0.495 e. The van der Waals surface area contributed by atoms with Crippen molar-refractivity contribution < 1.29 is 31.1 Å². The van der Waals surface area contributed by atoms with Gasteiger partial charge in [-0.3, -0.25) is 4.40 Å². The molecule has 0 unspecified atom stereocenters. The van der Waals surface area contributed by atoms with Crippen molar-refractivity contribution >= 4 is 31.3 Å². The highest BCUT2D eigenvalue weighted by Crippen LogP contribution is 2.35. The van der Waals surface area contributed by atoms with Gasteiger partial charge in [0.25, 0.3) is 0 Å². The van der Waals surface area contributed by atoms with Gasteiger partial charge in [-0.25, -0.2) is 26.6 Å². The Kier molecular flexibility index (Phi) is 6.58. The average Bonchev–Trinajstić information content (AvgIpc) is 3.12. The highest BCUT2D eigenvalue weighted by Gasteiger charge is 2.34. The number of hydrogen-bond acceptors (Lipinski definition) is 8. The van der Waals surface area contributed by atoms with Gasteiger partial charge in [0.1, 0.15) is 21.9 Å². The van der Waals surface area contributed by atoms with Crippen LogP contribution < -0.4 is 4.74 Å². The standard InChI is InChI=1S/C24H30N2O7S2/c1-23(2,3)33-22(27)16-9-15(10-17(11-16)34(8,28)29)18-13-25-21-12-19(32-7)20(14-26(18)21)35(30,31)24(4,5)6/h9-14H,1-8H3. The van der Waals surface area contributed by atoms with E-state index >= 15 is 0 Å². The molecular formula is C24H30N2O7S2. The van der Waals surface area contributed by atoms with Gasteiger partial charge in [0, 0.05) is 24.1 Å². The van der Waals surface area contributed by atoms with Crippen LogP contribution in [-0.2, 0) is 24.4 Å². The van der Waals surface area contributed by atoms with Crippen LogP contribution in [0, 0.1) is 0 Å². The lowest BCUT2D eigenvalue weighted by molar-refractivity contribution is 0.00692. The molecule has 1 aromatic carbocycles. The van der Waals surface area contributed by atoms with Gasteiger partial charge >= 0.3 is 5.97 Å². The molecule has 0 aliphatic carbocycles. The Hall–Kier alpha value is -2.92. The topological polar surface area (TPSA) is 121 Å². The lowest BCUT2D eigenvalue weighted by atomic mass is 10.1. The third-order valence-corrected chi connectivity index (χ3v) is 8.75. The molecule has 9 nitrogen and oxygen atoms in total. The maximum absolute atomic E-state index is 13.3. The summed E-state index contributed by atoms with van der Waals surface area (Å²) in [5.41, 5.74) is 0.389. The number of esters is 1. The number of ether oxygens (including phenoxy) is 2. The van der Waals surface area contributed by atoms with Crippen molar-refractivity contribution in [3.05, 3.63) is 42.2 Å². The van der Waals surface area contributed by atoms with Gasteiger partial charge in [0.15, 0.2) is 19.7 Å². The number of sulfone groups is 2. The number of benzene rings is 1. The molecule has 0 amide bonds. The van der Waals surface area contributed by atoms with Crippen molar-refractivity contribution in [1.29, 1.82) is 0 Å². The summed E-state index contributed by atoms with van der Waals surface area (Å²) in [4.78, 5) is 17.0. The molecule has 0 aliphatic rings. The van der Waals surface area contributed by atoms with Gasteiger partial charge in [0.2, 0.25) is 0 Å². The molecule has 11 heteroatoms. The fourth-order valence-corrected chi connectivity index (χ4v) is 5.30. The molecule has 3 rings (SSSR count). The van der Waals surface area contributed by atoms with Gasteiger partial charge in [-0.1, -0.05) is 0 Å². The van der Waals surface area contributed by atoms with Crippen molar-refractivity contribution in [1.82, 2.24) is 9.38 Å². The Morgan fingerprint density at radius 3 is 2.11 bits per heavy atom. The zero-order chi connectivity index (χ0) is 26.6. The van der Waals surface area contributed by atoms with Crippen LogP contribution in [0.3, 0.4) is 0 Å². The van der Waals surface area contributed by atoms with Crippen molar-refractivity contribution in [2.45, 2.75) is 61.7 Å². The number of pyridine rings is 1. The zero-order valence-corrected chi connectivity index (χ0v) is 22.7. The summed E-state index contributed by atoms with van der Waals surface area (Å²) in [7, 11) is -6.11. The molecule has 0 fully saturated rings. The molecule has 0 radical (unpaired) electrons. The van der Waals surface area contributed by atoms with Gasteiger partial charge < -0.3 is 9.47 Å². The second-order valence-corrected chi connectivity index (χ2v) is 14.9. The van der Waals surface area contributed by atoms with E-state index in [2.05, 4.69) is 4.98 Å². The van der Waals surface area contributed by atoms with Gasteiger partial charge in [-0.05, 0) is 59.7 Å². The molecule has 0 spiro atoms. The van der Waals surface area contributed by atoms with Crippen molar-refractivity contribution in [2.24, 2.45) is 0 Å². The first-order valence-corrected chi connectivity index (χ1v) is 14.1. The second kappa shape index (κ2) is 8.63. The Bertz CT molecular complexity index is 1520. The van der Waals surface area contributed by atoms with Crippen LogP contribution in [0.5, 0.6) is 5.75 Å². The maximum atomic E-state index is 13.3. The first kappa shape index (κ1) is 26.7. The Labute approximate surface area is 205 Å². The summed E-state index contributed by atoms with van der Waals surface area (Å²) in [6.45, 7) is 9.89. The average molecular weight is 523 g/mol. The van der Waals surface area contributed by atoms with Crippen LogP contribution in [0.2, 0.25) is 0 Å². The van der Waals surface area contributed by atoms with E-state index < -0.39 is 36.0 Å². The Morgan fingerprint density at radius 2 is 1.60 bits per heavy atom. The number of imidazole rings is 1. The quantitative estimate of drug-likeness (QED) is 0.462. The molecule has 0 atom stereocenters. The Balaban J connectivity index is 2.32. The molecule has 0 aliphatic heterocycles. The maximum Gasteiger partial charge on any atom is 0.338 e. The van der Waals surface area contributed by atoms with Crippen LogP contribution in [0.4, 0.5) is 0 Å². The third-order valence-electron chi connectivity index (χ3n) is 5.16. The molecule has 2 aromatic heterocycles. The van der Waals surface area contributed by atoms with E-state index in [4.69, 9.17) is 9.47 Å². The predicted octanol–water partition coefficient (Wildman–Crippen LogP) is 3.94. The summed E-state index contributed by atoms with van der Waals surface area (Å²) in [5, 5.41) is 0. The van der Waals surface area contributed by atoms with Crippen LogP contribution in [-0.4, -0.2) is 55.9 Å². The second-order valence-electron chi connectivity index (χ2n) is 10.2. The van der Waals surface area contributed by atoms with Crippen LogP contribution in [0.1, 0.15) is 51.9 Å². The molecule has 0 bridgehead atoms. The Morgan fingerprint density at radius 1 is 0.971 bits per heavy atom. The minimum absolute atomic E-state index is 0.0362. The van der Waals surface area contributed by atoms with E-state index in [9.17, 15) is 21.6 Å². The first-order valence-electron chi connectivity index (χ1n) is 10.7. The lowest BCUT2D eigenvalue weighted by Gasteiger charge is -2.21. The zero-order valence-electron chi connectivity index (χ0n) is 21.0. The van der Waals surface area contributed by atoms with E-state index in [-0.39, 0.29) is 21.1 Å². The van der Waals surface area contributed by atoms with Crippen LogP contribution in [0.15, 0.2) is 46.5 Å². The number of nitrogens with zero attached hydrogens (tertiary/aromatic N) is 2. The number of carbonyl (C=O) groups is 1. The van der Waals surface area contributed by atoms with E-state index in [1.165, 1.54) is 48.2 Å². The predicted molar refractivity (Wildman–Crippen MR) is 132 cm³/mol. The van der Waals surface area contributed by atoms with Crippen molar-refractivity contribution in [3.8, 4) is 17.0 Å². The minimum atomic E-state index is -3.80. The van der Waals surface area contributed by atoms with E-state index in [1.54, 1.807) is 41.5 Å². The largest absolute Gasteiger partial charge is 0.495 e. The van der Waals surface area contributed by atoms with Gasteiger partial charge in [0.05, 0.1) is 34.2 Å². The van der Waals surface area contributed by atoms with Crippen LogP contribution >= 0.6 is 0 Å². The van der Waals surface area contributed by atoms with Gasteiger partial charge in [-0.15, -0.1) is 0 Å². The lowest BCUT2D eigenvalue weighted by Crippen LogP contribution is -2.28. The van der Waals surface area contributed by atoms with E-state index in [0.29, 0.717) is 16.9 Å². The molecule has 0 saturated carbocycles. The number of methoxy groups -OCH3 is 1. The van der Waals surface area contributed by atoms with E-state index in [1.807, 2.05) is 0 Å². The number of rotatable bonds is 5. The number of hydrogen-bond donors (Lipinski definition) is 0. The summed E-state index contributed by atoms with van der Waals surface area (Å²) < 4.78 is 62.5. The SMILES string of the molecule is COc1cc2ncc(-c3cc(C(=O)OC(C)(C)C)cc(S(C)(=O)=O)c3)n2cc1S(=O)(=O)C(C)(C)C. The molecular weight excluding hydrogens is 492 g/mol. The van der Waals surface area contributed by atoms with Crippen molar-refractivity contribution in [3.63, 3.8) is 0 Å². The molecule has 0 saturated heterocycles. The molecule has 190 valence electrons. The fourth-order valence-electron chi connectivity index (χ4n) is 3.31. The van der Waals surface area contributed by atoms with Crippen molar-refractivity contribution in [2.75, 3.05) is 13.4 Å². The monoisotopic (exact) mass is 522 g/mol. The number of aromatic nitrogens is 2. The molecule has 35 heavy (non-hydrogen) atoms. The highest BCUT2D eigenvalue weighted by molar-refractivity contribution is 7.92. The van der Waals surface area contributed by atoms with Gasteiger partial charge in [-0.2, -0.15) is 0 Å². The summed E-state index contributed by atoms with van der Waals surface area (Å²) >= 11 is 0. The molecule has 2 heterocycles. The molecule has 0 N–H and O–H groups in total. The van der Waals surface area contributed by atoms with E-state index in [0.717, 1.165) is 6.26 Å². The first-order chi connectivity index (χ1) is 15.8. The normalized spacial score (nSPS) is 13.1. The third kappa shape index (κ3) is 5.35. The summed E-state index contributed by atoms with van der Waals surface area (Å²) in [5.74, 6) is -0.542. The highest BCUT2D eigenvalue weighted by atomic mass is 32.2.